The van der Waals surface area contributed by atoms with Gasteiger partial charge in [-0.3, -0.25) is 9.89 Å². The summed E-state index contributed by atoms with van der Waals surface area (Å²) < 4.78 is 1.52. The highest BCUT2D eigenvalue weighted by Crippen LogP contribution is 2.33. The third kappa shape index (κ3) is 2.92. The topological polar surface area (TPSA) is 92.1 Å². The number of aromatic nitrogens is 6. The van der Waals surface area contributed by atoms with Crippen molar-refractivity contribution in [2.24, 2.45) is 0 Å². The number of amides is 1. The molecule has 4 aromatic rings. The van der Waals surface area contributed by atoms with Crippen molar-refractivity contribution < 1.29 is 4.79 Å². The third-order valence-electron chi connectivity index (χ3n) is 5.31. The third-order valence-corrected chi connectivity index (χ3v) is 5.31. The Labute approximate surface area is 161 Å². The van der Waals surface area contributed by atoms with Gasteiger partial charge in [-0.2, -0.15) is 9.61 Å². The highest BCUT2D eigenvalue weighted by atomic mass is 16.2. The van der Waals surface area contributed by atoms with E-state index in [2.05, 4.69) is 37.9 Å². The van der Waals surface area contributed by atoms with Crippen LogP contribution in [0.15, 0.2) is 54.9 Å². The number of likely N-dealkylation sites (tertiary alicyclic amines) is 1. The summed E-state index contributed by atoms with van der Waals surface area (Å²) in [5, 5.41) is 18.8. The van der Waals surface area contributed by atoms with Crippen LogP contribution in [0.1, 0.15) is 34.8 Å². The molecule has 1 aliphatic rings. The summed E-state index contributed by atoms with van der Waals surface area (Å²) in [5.41, 5.74) is 4.56. The fourth-order valence-corrected chi connectivity index (χ4v) is 3.90. The lowest BCUT2D eigenvalue weighted by atomic mass is 9.90. The lowest BCUT2D eigenvalue weighted by molar-refractivity contribution is 0.0705. The number of piperidine rings is 1. The Hall–Kier alpha value is -3.55. The van der Waals surface area contributed by atoms with Crippen molar-refractivity contribution in [1.82, 2.24) is 35.1 Å². The molecule has 8 nitrogen and oxygen atoms in total. The average Bonchev–Trinajstić information content (AvgIpc) is 3.43. The van der Waals surface area contributed by atoms with E-state index in [1.165, 1.54) is 4.52 Å². The van der Waals surface area contributed by atoms with Gasteiger partial charge in [0, 0.05) is 36.5 Å². The zero-order valence-corrected chi connectivity index (χ0v) is 15.2. The lowest BCUT2D eigenvalue weighted by Gasteiger charge is -2.32. The highest BCUT2D eigenvalue weighted by Gasteiger charge is 2.28. The lowest BCUT2D eigenvalue weighted by Crippen LogP contribution is -2.39. The Bertz CT molecular complexity index is 1120. The minimum Gasteiger partial charge on any atom is -0.338 e. The first-order valence-corrected chi connectivity index (χ1v) is 9.35. The van der Waals surface area contributed by atoms with Crippen LogP contribution in [0.5, 0.6) is 0 Å². The van der Waals surface area contributed by atoms with Crippen molar-refractivity contribution in [1.29, 1.82) is 0 Å². The molecule has 0 radical (unpaired) electrons. The maximum absolute atomic E-state index is 13.1. The van der Waals surface area contributed by atoms with E-state index in [1.807, 2.05) is 29.3 Å². The molecule has 28 heavy (non-hydrogen) atoms. The first kappa shape index (κ1) is 16.6. The maximum Gasteiger partial charge on any atom is 0.255 e. The van der Waals surface area contributed by atoms with Gasteiger partial charge in [0.2, 0.25) is 0 Å². The molecule has 1 amide bonds. The van der Waals surface area contributed by atoms with Crippen molar-refractivity contribution in [3.05, 3.63) is 66.1 Å². The summed E-state index contributed by atoms with van der Waals surface area (Å²) in [4.78, 5) is 15.0. The monoisotopic (exact) mass is 373 g/mol. The number of rotatable bonds is 3. The summed E-state index contributed by atoms with van der Waals surface area (Å²) in [7, 11) is 0. The first-order valence-electron chi connectivity index (χ1n) is 9.35. The van der Waals surface area contributed by atoms with Gasteiger partial charge in [-0.25, -0.2) is 0 Å². The van der Waals surface area contributed by atoms with Crippen LogP contribution in [-0.2, 0) is 0 Å². The van der Waals surface area contributed by atoms with Crippen LogP contribution in [-0.4, -0.2) is 54.1 Å². The van der Waals surface area contributed by atoms with E-state index in [0.29, 0.717) is 17.8 Å². The SMILES string of the molecule is O=C(c1ccc2nnnn2c1)N1CCC[C@H](c2[nH]ncc2-c2ccccc2)C1. The quantitative estimate of drug-likeness (QED) is 0.596. The molecule has 8 heteroatoms. The van der Waals surface area contributed by atoms with Crippen LogP contribution >= 0.6 is 0 Å². The van der Waals surface area contributed by atoms with E-state index in [4.69, 9.17) is 0 Å². The number of tetrazole rings is 1. The van der Waals surface area contributed by atoms with Crippen LogP contribution in [0.4, 0.5) is 0 Å². The Morgan fingerprint density at radius 3 is 2.93 bits per heavy atom. The van der Waals surface area contributed by atoms with Crippen LogP contribution in [0.25, 0.3) is 16.8 Å². The highest BCUT2D eigenvalue weighted by molar-refractivity contribution is 5.94. The number of pyridine rings is 1. The van der Waals surface area contributed by atoms with E-state index in [0.717, 1.165) is 36.2 Å². The van der Waals surface area contributed by atoms with Crippen molar-refractivity contribution in [3.63, 3.8) is 0 Å². The average molecular weight is 373 g/mol. The molecule has 0 spiro atoms. The molecule has 0 aliphatic carbocycles. The molecule has 1 atom stereocenters. The maximum atomic E-state index is 13.1. The van der Waals surface area contributed by atoms with Crippen molar-refractivity contribution in [2.45, 2.75) is 18.8 Å². The van der Waals surface area contributed by atoms with Gasteiger partial charge < -0.3 is 4.90 Å². The Balaban J connectivity index is 1.39. The predicted octanol–water partition coefficient (Wildman–Crippen LogP) is 2.53. The van der Waals surface area contributed by atoms with Crippen LogP contribution in [0.3, 0.4) is 0 Å². The smallest absolute Gasteiger partial charge is 0.255 e. The molecule has 140 valence electrons. The number of hydrogen-bond acceptors (Lipinski definition) is 5. The van der Waals surface area contributed by atoms with Crippen LogP contribution in [0, 0.1) is 0 Å². The second-order valence-corrected chi connectivity index (χ2v) is 7.05. The number of carbonyl (C=O) groups is 1. The molecule has 0 saturated carbocycles. The van der Waals surface area contributed by atoms with E-state index < -0.39 is 0 Å². The van der Waals surface area contributed by atoms with Gasteiger partial charge in [0.05, 0.1) is 11.8 Å². The number of fused-ring (bicyclic) bond motifs is 1. The zero-order valence-electron chi connectivity index (χ0n) is 15.2. The number of nitrogens with one attached hydrogen (secondary N) is 1. The first-order chi connectivity index (χ1) is 13.8. The molecule has 4 heterocycles. The summed E-state index contributed by atoms with van der Waals surface area (Å²) in [5.74, 6) is 0.232. The van der Waals surface area contributed by atoms with E-state index in [1.54, 1.807) is 18.3 Å². The van der Waals surface area contributed by atoms with Gasteiger partial charge in [0.15, 0.2) is 5.65 Å². The minimum atomic E-state index is 0.00266. The number of nitrogens with zero attached hydrogens (tertiary/aromatic N) is 6. The van der Waals surface area contributed by atoms with Gasteiger partial charge in [0.1, 0.15) is 0 Å². The number of H-pyrrole nitrogens is 1. The fraction of sp³-hybridized carbons (Fsp3) is 0.250. The van der Waals surface area contributed by atoms with Crippen LogP contribution < -0.4 is 0 Å². The Kier molecular flexibility index (Phi) is 4.08. The molecular weight excluding hydrogens is 354 g/mol. The molecule has 1 saturated heterocycles. The van der Waals surface area contributed by atoms with Gasteiger partial charge in [-0.1, -0.05) is 30.3 Å². The number of aromatic amines is 1. The molecule has 0 unspecified atom stereocenters. The second-order valence-electron chi connectivity index (χ2n) is 7.05. The normalized spacial score (nSPS) is 17.1. The van der Waals surface area contributed by atoms with Gasteiger partial charge >= 0.3 is 0 Å². The summed E-state index contributed by atoms with van der Waals surface area (Å²) in [6.45, 7) is 1.41. The molecule has 5 rings (SSSR count). The van der Waals surface area contributed by atoms with Crippen molar-refractivity contribution in [3.8, 4) is 11.1 Å². The summed E-state index contributed by atoms with van der Waals surface area (Å²) >= 11 is 0. The van der Waals surface area contributed by atoms with E-state index in [-0.39, 0.29) is 11.8 Å². The van der Waals surface area contributed by atoms with Crippen molar-refractivity contribution >= 4 is 11.6 Å². The largest absolute Gasteiger partial charge is 0.338 e. The molecule has 1 aliphatic heterocycles. The van der Waals surface area contributed by atoms with Gasteiger partial charge in [0.25, 0.3) is 5.91 Å². The number of carbonyl (C=O) groups excluding carboxylic acids is 1. The van der Waals surface area contributed by atoms with E-state index in [9.17, 15) is 4.79 Å². The fourth-order valence-electron chi connectivity index (χ4n) is 3.90. The molecule has 1 aromatic carbocycles. The summed E-state index contributed by atoms with van der Waals surface area (Å²) in [6, 6.07) is 13.8. The Morgan fingerprint density at radius 1 is 1.14 bits per heavy atom. The molecule has 1 fully saturated rings. The minimum absolute atomic E-state index is 0.00266. The van der Waals surface area contributed by atoms with Gasteiger partial charge in [-0.05, 0) is 41.0 Å². The molecule has 3 aromatic heterocycles. The van der Waals surface area contributed by atoms with Crippen LogP contribution in [0.2, 0.25) is 0 Å². The predicted molar refractivity (Wildman–Crippen MR) is 103 cm³/mol. The zero-order chi connectivity index (χ0) is 18.9. The molecular formula is C20H19N7O. The number of benzene rings is 1. The molecule has 1 N–H and O–H groups in total. The standard InChI is InChI=1S/C20H19N7O/c28-20(16-8-9-18-22-24-25-27(18)13-16)26-10-4-7-15(12-26)19-17(11-21-23-19)14-5-2-1-3-6-14/h1-3,5-6,8-9,11,13,15H,4,7,10,12H2,(H,21,23)/t15-/m0/s1. The van der Waals surface area contributed by atoms with E-state index >= 15 is 0 Å². The number of hydrogen-bond donors (Lipinski definition) is 1. The summed E-state index contributed by atoms with van der Waals surface area (Å²) in [6.07, 6.45) is 5.54. The molecule has 0 bridgehead atoms. The Morgan fingerprint density at radius 2 is 2.04 bits per heavy atom. The van der Waals surface area contributed by atoms with Crippen molar-refractivity contribution in [2.75, 3.05) is 13.1 Å². The second kappa shape index (κ2) is 6.88. The van der Waals surface area contributed by atoms with Gasteiger partial charge in [-0.15, -0.1) is 5.10 Å².